The van der Waals surface area contributed by atoms with E-state index in [1.54, 1.807) is 38.1 Å². The Morgan fingerprint density at radius 3 is 2.58 bits per heavy atom. The Bertz CT molecular complexity index is 710. The number of hydrogen-bond acceptors (Lipinski definition) is 5. The second kappa shape index (κ2) is 5.16. The number of aryl methyl sites for hydroxylation is 1. The first-order valence-corrected chi connectivity index (χ1v) is 5.57. The van der Waals surface area contributed by atoms with Gasteiger partial charge in [-0.1, -0.05) is 6.07 Å². The lowest BCUT2D eigenvalue weighted by atomic mass is 10.1. The average molecular weight is 250 g/mol. The third kappa shape index (κ3) is 2.51. The molecule has 0 amide bonds. The van der Waals surface area contributed by atoms with E-state index in [9.17, 15) is 0 Å². The van der Waals surface area contributed by atoms with E-state index in [4.69, 9.17) is 15.3 Å². The van der Waals surface area contributed by atoms with Gasteiger partial charge < -0.3 is 4.74 Å². The maximum Gasteiger partial charge on any atom is 0.257 e. The van der Waals surface area contributed by atoms with E-state index < -0.39 is 0 Å². The normalized spacial score (nSPS) is 9.47. The number of ether oxygens (including phenoxy) is 1. The highest BCUT2D eigenvalue weighted by Gasteiger charge is 2.12. The maximum absolute atomic E-state index is 9.15. The molecule has 0 atom stereocenters. The van der Waals surface area contributed by atoms with Crippen LogP contribution < -0.4 is 4.74 Å². The van der Waals surface area contributed by atoms with Crippen molar-refractivity contribution in [1.29, 1.82) is 10.5 Å². The van der Waals surface area contributed by atoms with Gasteiger partial charge in [-0.05, 0) is 37.6 Å². The van der Waals surface area contributed by atoms with Crippen molar-refractivity contribution in [2.75, 3.05) is 0 Å². The maximum atomic E-state index is 9.15. The molecule has 0 radical (unpaired) electrons. The van der Waals surface area contributed by atoms with Crippen LogP contribution in [0.15, 0.2) is 24.3 Å². The highest BCUT2D eigenvalue weighted by Crippen LogP contribution is 2.25. The fraction of sp³-hybridized carbons (Fsp3) is 0.143. The summed E-state index contributed by atoms with van der Waals surface area (Å²) >= 11 is 0. The van der Waals surface area contributed by atoms with Crippen LogP contribution in [0.1, 0.15) is 22.4 Å². The van der Waals surface area contributed by atoms with Crippen molar-refractivity contribution in [2.45, 2.75) is 13.8 Å². The second-order valence-electron chi connectivity index (χ2n) is 3.94. The van der Waals surface area contributed by atoms with Crippen LogP contribution in [0.4, 0.5) is 0 Å². The van der Waals surface area contributed by atoms with Crippen LogP contribution in [0.5, 0.6) is 11.6 Å². The van der Waals surface area contributed by atoms with Crippen LogP contribution in [0.3, 0.4) is 0 Å². The molecular formula is C14H10N4O. The summed E-state index contributed by atoms with van der Waals surface area (Å²) in [4.78, 5) is 0. The van der Waals surface area contributed by atoms with Gasteiger partial charge in [-0.25, -0.2) is 0 Å². The van der Waals surface area contributed by atoms with Crippen molar-refractivity contribution >= 4 is 0 Å². The van der Waals surface area contributed by atoms with E-state index in [0.717, 1.165) is 5.56 Å². The van der Waals surface area contributed by atoms with Gasteiger partial charge in [-0.15, -0.1) is 5.10 Å². The number of hydrogen-bond donors (Lipinski definition) is 0. The Kier molecular flexibility index (Phi) is 3.40. The fourth-order valence-corrected chi connectivity index (χ4v) is 1.53. The predicted molar refractivity (Wildman–Crippen MR) is 67.5 cm³/mol. The van der Waals surface area contributed by atoms with Gasteiger partial charge in [-0.2, -0.15) is 15.6 Å². The zero-order valence-electron chi connectivity index (χ0n) is 10.5. The third-order valence-corrected chi connectivity index (χ3v) is 2.71. The molecule has 2 rings (SSSR count). The standard InChI is InChI=1S/C14H10N4O/c1-9-10(2)17-18-14(13(9)8-16)19-12-5-3-4-11(6-12)7-15/h3-6H,1-2H3. The van der Waals surface area contributed by atoms with E-state index in [1.165, 1.54) is 0 Å². The van der Waals surface area contributed by atoms with Gasteiger partial charge in [0.2, 0.25) is 0 Å². The summed E-state index contributed by atoms with van der Waals surface area (Å²) < 4.78 is 5.53. The lowest BCUT2D eigenvalue weighted by molar-refractivity contribution is 0.451. The Labute approximate surface area is 110 Å². The minimum Gasteiger partial charge on any atom is -0.437 e. The molecular weight excluding hydrogens is 240 g/mol. The zero-order chi connectivity index (χ0) is 13.8. The third-order valence-electron chi connectivity index (χ3n) is 2.71. The molecule has 0 aliphatic carbocycles. The number of nitriles is 2. The van der Waals surface area contributed by atoms with Crippen molar-refractivity contribution in [2.24, 2.45) is 0 Å². The number of rotatable bonds is 2. The smallest absolute Gasteiger partial charge is 0.257 e. The monoisotopic (exact) mass is 250 g/mol. The minimum absolute atomic E-state index is 0.153. The van der Waals surface area contributed by atoms with E-state index in [2.05, 4.69) is 16.3 Å². The van der Waals surface area contributed by atoms with Gasteiger partial charge in [0.25, 0.3) is 5.88 Å². The number of aromatic nitrogens is 2. The highest BCUT2D eigenvalue weighted by atomic mass is 16.5. The summed E-state index contributed by atoms with van der Waals surface area (Å²) in [6.45, 7) is 3.57. The zero-order valence-corrected chi connectivity index (χ0v) is 10.5. The molecule has 5 nitrogen and oxygen atoms in total. The fourth-order valence-electron chi connectivity index (χ4n) is 1.53. The van der Waals surface area contributed by atoms with Crippen molar-refractivity contribution in [3.05, 3.63) is 46.6 Å². The minimum atomic E-state index is 0.153. The van der Waals surface area contributed by atoms with Gasteiger partial charge in [0.1, 0.15) is 17.4 Å². The Hall–Kier alpha value is -2.92. The van der Waals surface area contributed by atoms with Crippen LogP contribution in [0.25, 0.3) is 0 Å². The molecule has 1 aromatic heterocycles. The summed E-state index contributed by atoms with van der Waals surface area (Å²) in [6.07, 6.45) is 0. The predicted octanol–water partition coefficient (Wildman–Crippen LogP) is 2.63. The Morgan fingerprint density at radius 1 is 1.11 bits per heavy atom. The van der Waals surface area contributed by atoms with Gasteiger partial charge in [-0.3, -0.25) is 0 Å². The van der Waals surface area contributed by atoms with Gasteiger partial charge in [0.05, 0.1) is 17.3 Å². The highest BCUT2D eigenvalue weighted by molar-refractivity contribution is 5.47. The lowest BCUT2D eigenvalue weighted by Gasteiger charge is -2.08. The molecule has 92 valence electrons. The van der Waals surface area contributed by atoms with Crippen molar-refractivity contribution in [3.63, 3.8) is 0 Å². The van der Waals surface area contributed by atoms with Crippen LogP contribution in [0.2, 0.25) is 0 Å². The molecule has 2 aromatic rings. The van der Waals surface area contributed by atoms with E-state index in [-0.39, 0.29) is 5.88 Å². The van der Waals surface area contributed by atoms with Crippen molar-refractivity contribution in [3.8, 4) is 23.8 Å². The Balaban J connectivity index is 2.42. The van der Waals surface area contributed by atoms with Crippen LogP contribution >= 0.6 is 0 Å². The molecule has 0 saturated heterocycles. The molecule has 0 aliphatic heterocycles. The number of benzene rings is 1. The summed E-state index contributed by atoms with van der Waals surface area (Å²) in [5.74, 6) is 0.605. The topological polar surface area (TPSA) is 82.6 Å². The first kappa shape index (κ1) is 12.5. The van der Waals surface area contributed by atoms with Crippen LogP contribution in [-0.4, -0.2) is 10.2 Å². The Morgan fingerprint density at radius 2 is 1.89 bits per heavy atom. The second-order valence-corrected chi connectivity index (χ2v) is 3.94. The molecule has 0 aliphatic rings. The van der Waals surface area contributed by atoms with Crippen molar-refractivity contribution < 1.29 is 4.74 Å². The average Bonchev–Trinajstić information content (AvgIpc) is 2.43. The van der Waals surface area contributed by atoms with E-state index in [0.29, 0.717) is 22.6 Å². The largest absolute Gasteiger partial charge is 0.437 e. The first-order chi connectivity index (χ1) is 9.15. The quantitative estimate of drug-likeness (QED) is 0.818. The molecule has 0 N–H and O–H groups in total. The number of nitrogens with zero attached hydrogens (tertiary/aromatic N) is 4. The summed E-state index contributed by atoms with van der Waals surface area (Å²) in [5.41, 5.74) is 2.27. The van der Waals surface area contributed by atoms with Gasteiger partial charge >= 0.3 is 0 Å². The van der Waals surface area contributed by atoms with Crippen LogP contribution in [0, 0.1) is 36.5 Å². The molecule has 0 saturated carbocycles. The van der Waals surface area contributed by atoms with Gasteiger partial charge in [0.15, 0.2) is 0 Å². The van der Waals surface area contributed by atoms with Gasteiger partial charge in [0, 0.05) is 0 Å². The van der Waals surface area contributed by atoms with Crippen LogP contribution in [-0.2, 0) is 0 Å². The first-order valence-electron chi connectivity index (χ1n) is 5.57. The molecule has 1 heterocycles. The molecule has 19 heavy (non-hydrogen) atoms. The summed E-state index contributed by atoms with van der Waals surface area (Å²) in [5, 5.41) is 25.8. The summed E-state index contributed by atoms with van der Waals surface area (Å²) in [6, 6.07) is 10.7. The summed E-state index contributed by atoms with van der Waals surface area (Å²) in [7, 11) is 0. The molecule has 5 heteroatoms. The van der Waals surface area contributed by atoms with Crippen molar-refractivity contribution in [1.82, 2.24) is 10.2 Å². The molecule has 0 spiro atoms. The lowest BCUT2D eigenvalue weighted by Crippen LogP contribution is -2.00. The van der Waals surface area contributed by atoms with E-state index in [1.807, 2.05) is 6.07 Å². The molecule has 1 aromatic carbocycles. The van der Waals surface area contributed by atoms with E-state index >= 15 is 0 Å². The molecule has 0 bridgehead atoms. The molecule has 0 fully saturated rings. The molecule has 0 unspecified atom stereocenters. The SMILES string of the molecule is Cc1nnc(Oc2cccc(C#N)c2)c(C#N)c1C.